The molecule has 5 nitrogen and oxygen atoms in total. The van der Waals surface area contributed by atoms with Crippen LogP contribution in [0.25, 0.3) is 22.1 Å². The summed E-state index contributed by atoms with van der Waals surface area (Å²) in [4.78, 5) is 24.4. The topological polar surface area (TPSA) is 76.7 Å². The predicted octanol–water partition coefficient (Wildman–Crippen LogP) is 5.14. The molecule has 3 aromatic carbocycles. The summed E-state index contributed by atoms with van der Waals surface area (Å²) >= 11 is 0. The molecule has 0 atom stereocenters. The molecule has 5 heteroatoms. The lowest BCUT2D eigenvalue weighted by Gasteiger charge is -2.09. The second kappa shape index (κ2) is 7.87. The van der Waals surface area contributed by atoms with Crippen molar-refractivity contribution in [1.29, 1.82) is 0 Å². The average molecular weight is 400 g/mol. The first kappa shape index (κ1) is 19.5. The molecule has 1 N–H and O–H groups in total. The monoisotopic (exact) mass is 400 g/mol. The van der Waals surface area contributed by atoms with Crippen molar-refractivity contribution in [3.63, 3.8) is 0 Å². The molecule has 0 aliphatic rings. The van der Waals surface area contributed by atoms with Gasteiger partial charge in [0.15, 0.2) is 0 Å². The van der Waals surface area contributed by atoms with E-state index in [2.05, 4.69) is 0 Å². The number of esters is 1. The number of fused-ring (bicyclic) bond motifs is 1. The Morgan fingerprint density at radius 3 is 2.17 bits per heavy atom. The van der Waals surface area contributed by atoms with Crippen LogP contribution >= 0.6 is 0 Å². The van der Waals surface area contributed by atoms with Gasteiger partial charge in [0.2, 0.25) is 0 Å². The Labute approximate surface area is 173 Å². The van der Waals surface area contributed by atoms with Gasteiger partial charge in [-0.3, -0.25) is 0 Å². The summed E-state index contributed by atoms with van der Waals surface area (Å²) in [6, 6.07) is 19.0. The number of hydrogen-bond donors (Lipinski definition) is 1. The molecule has 0 saturated carbocycles. The quantitative estimate of drug-likeness (QED) is 0.379. The van der Waals surface area contributed by atoms with Gasteiger partial charge in [0.25, 0.3) is 0 Å². The minimum absolute atomic E-state index is 0.0247. The van der Waals surface area contributed by atoms with E-state index in [-0.39, 0.29) is 12.4 Å². The van der Waals surface area contributed by atoms with Crippen molar-refractivity contribution >= 4 is 16.9 Å². The van der Waals surface area contributed by atoms with Gasteiger partial charge >= 0.3 is 11.6 Å². The van der Waals surface area contributed by atoms with E-state index in [9.17, 15) is 14.7 Å². The number of phenols is 1. The van der Waals surface area contributed by atoms with E-state index in [4.69, 9.17) is 9.15 Å². The van der Waals surface area contributed by atoms with Crippen LogP contribution in [0.5, 0.6) is 5.75 Å². The van der Waals surface area contributed by atoms with Crippen LogP contribution in [-0.4, -0.2) is 11.1 Å². The highest BCUT2D eigenvalue weighted by molar-refractivity contribution is 5.90. The second-order valence-corrected chi connectivity index (χ2v) is 7.22. The Balaban J connectivity index is 1.53. The molecule has 4 aromatic rings. The molecule has 150 valence electrons. The largest absolute Gasteiger partial charge is 0.508 e. The van der Waals surface area contributed by atoms with Crippen LogP contribution in [0.3, 0.4) is 0 Å². The summed E-state index contributed by atoms with van der Waals surface area (Å²) in [6.07, 6.45) is 0. The number of hydrogen-bond acceptors (Lipinski definition) is 5. The Bertz CT molecular complexity index is 1280. The average Bonchev–Trinajstić information content (AvgIpc) is 2.74. The maximum absolute atomic E-state index is 12.5. The van der Waals surface area contributed by atoms with Crippen LogP contribution < -0.4 is 5.63 Å². The molecular weight excluding hydrogens is 380 g/mol. The zero-order valence-electron chi connectivity index (χ0n) is 16.6. The van der Waals surface area contributed by atoms with Crippen molar-refractivity contribution in [3.8, 4) is 16.9 Å². The third kappa shape index (κ3) is 3.96. The maximum Gasteiger partial charge on any atom is 0.338 e. The van der Waals surface area contributed by atoms with E-state index in [0.717, 1.165) is 27.6 Å². The lowest BCUT2D eigenvalue weighted by Crippen LogP contribution is -2.08. The smallest absolute Gasteiger partial charge is 0.338 e. The highest BCUT2D eigenvalue weighted by atomic mass is 16.5. The number of aromatic hydroxyl groups is 1. The summed E-state index contributed by atoms with van der Waals surface area (Å²) in [5.74, 6) is -0.274. The molecule has 0 amide bonds. The lowest BCUT2D eigenvalue weighted by molar-refractivity contribution is 0.0474. The van der Waals surface area contributed by atoms with E-state index in [1.54, 1.807) is 36.4 Å². The third-order valence-electron chi connectivity index (χ3n) is 5.12. The molecule has 4 rings (SSSR count). The Kier molecular flexibility index (Phi) is 5.11. The first-order chi connectivity index (χ1) is 14.4. The van der Waals surface area contributed by atoms with Gasteiger partial charge in [0, 0.05) is 17.0 Å². The number of phenolic OH excluding ortho intramolecular Hbond substituents is 1. The minimum atomic E-state index is -0.477. The number of ether oxygens (including phenoxy) is 1. The van der Waals surface area contributed by atoms with Crippen molar-refractivity contribution in [1.82, 2.24) is 0 Å². The fraction of sp³-hybridized carbons (Fsp3) is 0.120. The Hall–Kier alpha value is -3.86. The van der Waals surface area contributed by atoms with Gasteiger partial charge in [-0.2, -0.15) is 0 Å². The molecule has 0 unspecified atom stereocenters. The molecule has 0 saturated heterocycles. The fourth-order valence-corrected chi connectivity index (χ4v) is 3.28. The van der Waals surface area contributed by atoms with E-state index in [1.807, 2.05) is 38.1 Å². The maximum atomic E-state index is 12.5. The second-order valence-electron chi connectivity index (χ2n) is 7.22. The molecule has 0 aliphatic heterocycles. The molecule has 0 fully saturated rings. The van der Waals surface area contributed by atoms with Crippen LogP contribution in [-0.2, 0) is 11.3 Å². The summed E-state index contributed by atoms with van der Waals surface area (Å²) in [7, 11) is 0. The van der Waals surface area contributed by atoms with Crippen LogP contribution in [0.1, 0.15) is 27.0 Å². The van der Waals surface area contributed by atoms with Gasteiger partial charge in [-0.05, 0) is 72.5 Å². The number of rotatable bonds is 4. The SMILES string of the molecule is Cc1cc2oc(=O)cc(COC(=O)c3ccc(-c4ccc(O)cc4)cc3)c2cc1C. The summed E-state index contributed by atoms with van der Waals surface area (Å²) in [6.45, 7) is 3.90. The van der Waals surface area contributed by atoms with Crippen molar-refractivity contribution < 1.29 is 19.1 Å². The van der Waals surface area contributed by atoms with Crippen molar-refractivity contribution in [2.24, 2.45) is 0 Å². The number of carbonyl (C=O) groups is 1. The third-order valence-corrected chi connectivity index (χ3v) is 5.12. The van der Waals surface area contributed by atoms with Gasteiger partial charge in [0.1, 0.15) is 17.9 Å². The first-order valence-electron chi connectivity index (χ1n) is 9.51. The molecule has 0 bridgehead atoms. The van der Waals surface area contributed by atoms with Crippen molar-refractivity contribution in [2.45, 2.75) is 20.5 Å². The summed E-state index contributed by atoms with van der Waals surface area (Å²) < 4.78 is 10.7. The molecule has 1 heterocycles. The van der Waals surface area contributed by atoms with Crippen LogP contribution in [0, 0.1) is 13.8 Å². The number of carbonyl (C=O) groups excluding carboxylic acids is 1. The van der Waals surface area contributed by atoms with E-state index in [1.165, 1.54) is 6.07 Å². The van der Waals surface area contributed by atoms with Gasteiger partial charge < -0.3 is 14.3 Å². The number of aryl methyl sites for hydroxylation is 2. The zero-order valence-corrected chi connectivity index (χ0v) is 16.6. The van der Waals surface area contributed by atoms with E-state index >= 15 is 0 Å². The van der Waals surface area contributed by atoms with Crippen LogP contribution in [0.15, 0.2) is 75.9 Å². The summed E-state index contributed by atoms with van der Waals surface area (Å²) in [5.41, 5.74) is 4.97. The van der Waals surface area contributed by atoms with Gasteiger partial charge in [0.05, 0.1) is 5.56 Å². The number of benzene rings is 3. The van der Waals surface area contributed by atoms with Crippen LogP contribution in [0.4, 0.5) is 0 Å². The Morgan fingerprint density at radius 1 is 0.900 bits per heavy atom. The molecular formula is C25H20O5. The first-order valence-corrected chi connectivity index (χ1v) is 9.51. The fourth-order valence-electron chi connectivity index (χ4n) is 3.28. The predicted molar refractivity (Wildman–Crippen MR) is 115 cm³/mol. The van der Waals surface area contributed by atoms with Crippen molar-refractivity contribution in [3.05, 3.63) is 99.4 Å². The highest BCUT2D eigenvalue weighted by Crippen LogP contribution is 2.24. The van der Waals surface area contributed by atoms with E-state index in [0.29, 0.717) is 16.7 Å². The molecule has 1 aromatic heterocycles. The zero-order chi connectivity index (χ0) is 21.3. The highest BCUT2D eigenvalue weighted by Gasteiger charge is 2.12. The van der Waals surface area contributed by atoms with E-state index < -0.39 is 11.6 Å². The molecule has 0 spiro atoms. The lowest BCUT2D eigenvalue weighted by atomic mass is 10.0. The van der Waals surface area contributed by atoms with Crippen molar-refractivity contribution in [2.75, 3.05) is 0 Å². The normalized spacial score (nSPS) is 10.9. The van der Waals surface area contributed by atoms with Gasteiger partial charge in [-0.25, -0.2) is 9.59 Å². The van der Waals surface area contributed by atoms with Gasteiger partial charge in [-0.15, -0.1) is 0 Å². The molecule has 0 aliphatic carbocycles. The standard InChI is InChI=1S/C25H20O5/c1-15-11-22-20(13-24(27)30-23(22)12-16(15)2)14-29-25(28)19-5-3-17(4-6-19)18-7-9-21(26)10-8-18/h3-13,26H,14H2,1-2H3. The Morgan fingerprint density at radius 2 is 1.50 bits per heavy atom. The minimum Gasteiger partial charge on any atom is -0.508 e. The molecule has 30 heavy (non-hydrogen) atoms. The summed E-state index contributed by atoms with van der Waals surface area (Å²) in [5, 5.41) is 10.2. The van der Waals surface area contributed by atoms with Gasteiger partial charge in [-0.1, -0.05) is 24.3 Å². The van der Waals surface area contributed by atoms with Crippen LogP contribution in [0.2, 0.25) is 0 Å². The molecule has 0 radical (unpaired) electrons.